The first-order chi connectivity index (χ1) is 9.79. The summed E-state index contributed by atoms with van der Waals surface area (Å²) in [5, 5.41) is 0. The number of likely N-dealkylation sites (tertiary alicyclic amines) is 1. The number of rotatable bonds is 3. The molecular weight excluding hydrogens is 248 g/mol. The van der Waals surface area contributed by atoms with Crippen molar-refractivity contribution in [2.45, 2.75) is 45.1 Å². The van der Waals surface area contributed by atoms with E-state index in [0.717, 1.165) is 31.6 Å². The summed E-state index contributed by atoms with van der Waals surface area (Å²) >= 11 is 0. The minimum Gasteiger partial charge on any atom is -0.311 e. The number of hydrogen-bond donors (Lipinski definition) is 0. The summed E-state index contributed by atoms with van der Waals surface area (Å²) in [5.74, 6) is 0.273. The number of nitrogens with zero attached hydrogens (tertiary/aromatic N) is 2. The van der Waals surface area contributed by atoms with E-state index >= 15 is 0 Å². The van der Waals surface area contributed by atoms with Gasteiger partial charge in [-0.3, -0.25) is 9.69 Å². The molecule has 1 atom stereocenters. The Hall–Kier alpha value is -1.35. The highest BCUT2D eigenvalue weighted by Gasteiger charge is 2.28. The lowest BCUT2D eigenvalue weighted by Gasteiger charge is -2.35. The minimum absolute atomic E-state index is 0.273. The highest BCUT2D eigenvalue weighted by Crippen LogP contribution is 2.28. The maximum Gasteiger partial charge on any atom is 0.241 e. The summed E-state index contributed by atoms with van der Waals surface area (Å²) in [6, 6.07) is 8.90. The molecule has 2 aliphatic rings. The highest BCUT2D eigenvalue weighted by atomic mass is 16.2. The van der Waals surface area contributed by atoms with Gasteiger partial charge in [0.15, 0.2) is 0 Å². The molecular formula is C17H24N2O. The van der Waals surface area contributed by atoms with Crippen molar-refractivity contribution in [3.63, 3.8) is 0 Å². The zero-order chi connectivity index (χ0) is 13.9. The van der Waals surface area contributed by atoms with Crippen molar-refractivity contribution in [2.75, 3.05) is 24.5 Å². The van der Waals surface area contributed by atoms with E-state index in [4.69, 9.17) is 0 Å². The predicted molar refractivity (Wildman–Crippen MR) is 82.0 cm³/mol. The average Bonchev–Trinajstić information content (AvgIpc) is 2.92. The first-order valence-electron chi connectivity index (χ1n) is 7.92. The Morgan fingerprint density at radius 1 is 1.25 bits per heavy atom. The van der Waals surface area contributed by atoms with Crippen LogP contribution in [0.15, 0.2) is 24.3 Å². The van der Waals surface area contributed by atoms with Crippen molar-refractivity contribution in [1.82, 2.24) is 4.90 Å². The molecule has 2 aliphatic heterocycles. The fourth-order valence-electron chi connectivity index (χ4n) is 3.59. The Balaban J connectivity index is 1.68. The molecule has 3 rings (SSSR count). The number of anilines is 1. The summed E-state index contributed by atoms with van der Waals surface area (Å²) in [6.45, 7) is 4.76. The number of hydrogen-bond acceptors (Lipinski definition) is 2. The first kappa shape index (κ1) is 13.6. The molecule has 0 radical (unpaired) electrons. The van der Waals surface area contributed by atoms with Crippen LogP contribution in [0, 0.1) is 0 Å². The SMILES string of the molecule is CCC1CCCCN1CC(=O)N1CCc2ccccc21. The third-order valence-electron chi connectivity index (χ3n) is 4.75. The second-order valence-electron chi connectivity index (χ2n) is 5.95. The summed E-state index contributed by atoms with van der Waals surface area (Å²) in [5.41, 5.74) is 2.44. The number of carbonyl (C=O) groups excluding carboxylic acids is 1. The van der Waals surface area contributed by atoms with Crippen molar-refractivity contribution in [3.8, 4) is 0 Å². The lowest BCUT2D eigenvalue weighted by atomic mass is 10.00. The van der Waals surface area contributed by atoms with Crippen LogP contribution in [0.2, 0.25) is 0 Å². The van der Waals surface area contributed by atoms with Gasteiger partial charge in [0.1, 0.15) is 0 Å². The third kappa shape index (κ3) is 2.59. The van der Waals surface area contributed by atoms with Gasteiger partial charge in [0.05, 0.1) is 6.54 Å². The smallest absolute Gasteiger partial charge is 0.241 e. The number of fused-ring (bicyclic) bond motifs is 1. The topological polar surface area (TPSA) is 23.6 Å². The molecule has 0 saturated carbocycles. The van der Waals surface area contributed by atoms with Gasteiger partial charge >= 0.3 is 0 Å². The van der Waals surface area contributed by atoms with Gasteiger partial charge in [-0.25, -0.2) is 0 Å². The van der Waals surface area contributed by atoms with Crippen LogP contribution in [0.5, 0.6) is 0 Å². The van der Waals surface area contributed by atoms with E-state index in [-0.39, 0.29) is 5.91 Å². The largest absolute Gasteiger partial charge is 0.311 e. The molecule has 2 heterocycles. The van der Waals surface area contributed by atoms with Gasteiger partial charge in [-0.2, -0.15) is 0 Å². The van der Waals surface area contributed by atoms with E-state index in [1.54, 1.807) is 0 Å². The monoisotopic (exact) mass is 272 g/mol. The maximum atomic E-state index is 12.6. The summed E-state index contributed by atoms with van der Waals surface area (Å²) in [6.07, 6.45) is 5.96. The Morgan fingerprint density at radius 3 is 2.95 bits per heavy atom. The number of amides is 1. The maximum absolute atomic E-state index is 12.6. The van der Waals surface area contributed by atoms with Gasteiger partial charge in [0.25, 0.3) is 0 Å². The van der Waals surface area contributed by atoms with Crippen molar-refractivity contribution in [3.05, 3.63) is 29.8 Å². The molecule has 3 nitrogen and oxygen atoms in total. The molecule has 1 aromatic carbocycles. The van der Waals surface area contributed by atoms with Gasteiger partial charge in [0, 0.05) is 18.3 Å². The molecule has 0 spiro atoms. The van der Waals surface area contributed by atoms with E-state index in [1.807, 2.05) is 11.0 Å². The van der Waals surface area contributed by atoms with Crippen LogP contribution in [-0.4, -0.2) is 36.5 Å². The van der Waals surface area contributed by atoms with Gasteiger partial charge in [0.2, 0.25) is 5.91 Å². The van der Waals surface area contributed by atoms with Crippen LogP contribution in [0.25, 0.3) is 0 Å². The van der Waals surface area contributed by atoms with Gasteiger partial charge in [-0.15, -0.1) is 0 Å². The predicted octanol–water partition coefficient (Wildman–Crippen LogP) is 2.84. The second-order valence-corrected chi connectivity index (χ2v) is 5.95. The molecule has 0 N–H and O–H groups in total. The van der Waals surface area contributed by atoms with Crippen LogP contribution in [0.1, 0.15) is 38.2 Å². The van der Waals surface area contributed by atoms with Crippen molar-refractivity contribution in [2.24, 2.45) is 0 Å². The van der Waals surface area contributed by atoms with Crippen LogP contribution < -0.4 is 4.90 Å². The van der Waals surface area contributed by atoms with E-state index in [0.29, 0.717) is 12.6 Å². The summed E-state index contributed by atoms with van der Waals surface area (Å²) < 4.78 is 0. The first-order valence-corrected chi connectivity index (χ1v) is 7.92. The van der Waals surface area contributed by atoms with Crippen LogP contribution in [0.3, 0.4) is 0 Å². The average molecular weight is 272 g/mol. The Kier molecular flexibility index (Phi) is 4.06. The van der Waals surface area contributed by atoms with Crippen LogP contribution in [0.4, 0.5) is 5.69 Å². The molecule has 1 fully saturated rings. The molecule has 20 heavy (non-hydrogen) atoms. The quantitative estimate of drug-likeness (QED) is 0.844. The lowest BCUT2D eigenvalue weighted by Crippen LogP contribution is -2.46. The van der Waals surface area contributed by atoms with E-state index in [1.165, 1.54) is 24.8 Å². The Labute approximate surface area is 121 Å². The number of carbonyl (C=O) groups is 1. The minimum atomic E-state index is 0.273. The number of para-hydroxylation sites is 1. The molecule has 1 saturated heterocycles. The summed E-state index contributed by atoms with van der Waals surface area (Å²) in [4.78, 5) is 17.0. The van der Waals surface area contributed by atoms with E-state index in [2.05, 4.69) is 30.0 Å². The van der Waals surface area contributed by atoms with Crippen molar-refractivity contribution >= 4 is 11.6 Å². The van der Waals surface area contributed by atoms with Gasteiger partial charge < -0.3 is 4.90 Å². The second kappa shape index (κ2) is 5.96. The third-order valence-corrected chi connectivity index (χ3v) is 4.75. The standard InChI is InChI=1S/C17H24N2O/c1-2-15-8-5-6-11-18(15)13-17(20)19-12-10-14-7-3-4-9-16(14)19/h3-4,7,9,15H,2,5-6,8,10-13H2,1H3. The van der Waals surface area contributed by atoms with Crippen molar-refractivity contribution < 1.29 is 4.79 Å². The fraction of sp³-hybridized carbons (Fsp3) is 0.588. The van der Waals surface area contributed by atoms with Gasteiger partial charge in [-0.05, 0) is 43.9 Å². The molecule has 108 valence electrons. The van der Waals surface area contributed by atoms with Gasteiger partial charge in [-0.1, -0.05) is 31.5 Å². The van der Waals surface area contributed by atoms with E-state index < -0.39 is 0 Å². The molecule has 3 heteroatoms. The zero-order valence-corrected chi connectivity index (χ0v) is 12.3. The zero-order valence-electron chi connectivity index (χ0n) is 12.3. The molecule has 0 aromatic heterocycles. The van der Waals surface area contributed by atoms with E-state index in [9.17, 15) is 4.79 Å². The lowest BCUT2D eigenvalue weighted by molar-refractivity contribution is -0.120. The Bertz CT molecular complexity index is 486. The van der Waals surface area contributed by atoms with Crippen molar-refractivity contribution in [1.29, 1.82) is 0 Å². The summed E-state index contributed by atoms with van der Waals surface area (Å²) in [7, 11) is 0. The number of benzene rings is 1. The molecule has 1 amide bonds. The number of piperidine rings is 1. The normalized spacial score (nSPS) is 22.9. The molecule has 0 bridgehead atoms. The fourth-order valence-corrected chi connectivity index (χ4v) is 3.59. The molecule has 1 unspecified atom stereocenters. The highest BCUT2D eigenvalue weighted by molar-refractivity contribution is 5.96. The molecule has 1 aromatic rings. The molecule has 0 aliphatic carbocycles. The van der Waals surface area contributed by atoms with Crippen LogP contribution >= 0.6 is 0 Å². The van der Waals surface area contributed by atoms with Crippen LogP contribution in [-0.2, 0) is 11.2 Å². The Morgan fingerprint density at radius 2 is 2.10 bits per heavy atom.